The van der Waals surface area contributed by atoms with Crippen LogP contribution in [-0.2, 0) is 4.79 Å². The number of nitrogens with zero attached hydrogens (tertiary/aromatic N) is 1. The summed E-state index contributed by atoms with van der Waals surface area (Å²) in [5.41, 5.74) is 1.61. The lowest BCUT2D eigenvalue weighted by Gasteiger charge is -2.18. The van der Waals surface area contributed by atoms with Crippen LogP contribution in [0, 0.1) is 0 Å². The molecule has 27 heavy (non-hydrogen) atoms. The van der Waals surface area contributed by atoms with Crippen LogP contribution >= 0.6 is 22.7 Å². The summed E-state index contributed by atoms with van der Waals surface area (Å²) in [4.78, 5) is 28.9. The minimum Gasteiger partial charge on any atom is -0.486 e. The number of thiophene rings is 1. The van der Waals surface area contributed by atoms with Gasteiger partial charge in [-0.15, -0.1) is 22.7 Å². The van der Waals surface area contributed by atoms with Crippen molar-refractivity contribution in [1.29, 1.82) is 0 Å². The highest BCUT2D eigenvalue weighted by Crippen LogP contribution is 2.35. The van der Waals surface area contributed by atoms with Gasteiger partial charge in [-0.25, -0.2) is 4.98 Å². The third-order valence-electron chi connectivity index (χ3n) is 3.74. The smallest absolute Gasteiger partial charge is 0.261 e. The molecule has 0 saturated heterocycles. The van der Waals surface area contributed by atoms with Gasteiger partial charge in [0.2, 0.25) is 5.91 Å². The molecular formula is C18H15N3O4S2. The molecule has 1 aliphatic heterocycles. The maximum Gasteiger partial charge on any atom is 0.261 e. The van der Waals surface area contributed by atoms with Crippen LogP contribution in [0.2, 0.25) is 0 Å². The first-order valence-corrected chi connectivity index (χ1v) is 9.92. The first-order valence-electron chi connectivity index (χ1n) is 8.16. The van der Waals surface area contributed by atoms with Gasteiger partial charge in [0, 0.05) is 10.9 Å². The third kappa shape index (κ3) is 4.09. The number of benzene rings is 1. The Morgan fingerprint density at radius 3 is 2.78 bits per heavy atom. The molecule has 9 heteroatoms. The fourth-order valence-electron chi connectivity index (χ4n) is 2.49. The van der Waals surface area contributed by atoms with Crippen LogP contribution in [0.15, 0.2) is 41.1 Å². The van der Waals surface area contributed by atoms with Gasteiger partial charge < -0.3 is 20.1 Å². The zero-order valence-electron chi connectivity index (χ0n) is 14.1. The van der Waals surface area contributed by atoms with Crippen molar-refractivity contribution in [1.82, 2.24) is 10.3 Å². The van der Waals surface area contributed by atoms with Crippen LogP contribution in [0.4, 0.5) is 5.13 Å². The van der Waals surface area contributed by atoms with Crippen molar-refractivity contribution >= 4 is 39.6 Å². The van der Waals surface area contributed by atoms with E-state index in [1.165, 1.54) is 22.7 Å². The molecule has 0 atom stereocenters. The number of thiazole rings is 1. The molecule has 0 saturated carbocycles. The average Bonchev–Trinajstić information content (AvgIpc) is 3.38. The predicted octanol–water partition coefficient (Wildman–Crippen LogP) is 3.01. The Labute approximate surface area is 163 Å². The number of nitrogens with one attached hydrogen (secondary N) is 2. The van der Waals surface area contributed by atoms with Crippen LogP contribution in [0.5, 0.6) is 11.5 Å². The number of rotatable bonds is 5. The third-order valence-corrected chi connectivity index (χ3v) is 5.37. The zero-order valence-corrected chi connectivity index (χ0v) is 15.7. The second-order valence-electron chi connectivity index (χ2n) is 5.60. The number of carbonyl (C=O) groups excluding carboxylic acids is 2. The van der Waals surface area contributed by atoms with E-state index in [1.807, 2.05) is 29.0 Å². The maximum atomic E-state index is 12.0. The van der Waals surface area contributed by atoms with Crippen molar-refractivity contribution < 1.29 is 19.1 Å². The van der Waals surface area contributed by atoms with Gasteiger partial charge in [-0.3, -0.25) is 9.59 Å². The van der Waals surface area contributed by atoms with E-state index in [0.29, 0.717) is 29.0 Å². The number of hydrogen-bond acceptors (Lipinski definition) is 7. The van der Waals surface area contributed by atoms with E-state index in [0.717, 1.165) is 17.0 Å². The van der Waals surface area contributed by atoms with Gasteiger partial charge in [0.25, 0.3) is 5.91 Å². The minimum absolute atomic E-state index is 0.115. The summed E-state index contributed by atoms with van der Waals surface area (Å²) in [6, 6.07) is 9.11. The fourth-order valence-corrected chi connectivity index (χ4v) is 3.86. The lowest BCUT2D eigenvalue weighted by atomic mass is 10.1. The lowest BCUT2D eigenvalue weighted by Crippen LogP contribution is -2.32. The molecule has 3 aromatic rings. The molecule has 3 heterocycles. The molecule has 1 aromatic carbocycles. The van der Waals surface area contributed by atoms with E-state index in [2.05, 4.69) is 15.6 Å². The van der Waals surface area contributed by atoms with Crippen molar-refractivity contribution in [3.05, 3.63) is 46.0 Å². The molecular weight excluding hydrogens is 386 g/mol. The molecule has 138 valence electrons. The quantitative estimate of drug-likeness (QED) is 0.686. The summed E-state index contributed by atoms with van der Waals surface area (Å²) in [7, 11) is 0. The highest BCUT2D eigenvalue weighted by Gasteiger charge is 2.15. The van der Waals surface area contributed by atoms with Gasteiger partial charge >= 0.3 is 0 Å². The summed E-state index contributed by atoms with van der Waals surface area (Å²) in [5.74, 6) is 0.808. The molecule has 1 aliphatic rings. The largest absolute Gasteiger partial charge is 0.486 e. The van der Waals surface area contributed by atoms with Gasteiger partial charge in [-0.05, 0) is 29.6 Å². The van der Waals surface area contributed by atoms with E-state index < -0.39 is 0 Å². The number of hydrogen-bond donors (Lipinski definition) is 2. The van der Waals surface area contributed by atoms with Gasteiger partial charge in [0.15, 0.2) is 16.6 Å². The Morgan fingerprint density at radius 1 is 1.11 bits per heavy atom. The van der Waals surface area contributed by atoms with Crippen LogP contribution in [-0.4, -0.2) is 36.6 Å². The number of aromatic nitrogens is 1. The van der Waals surface area contributed by atoms with Crippen LogP contribution in [0.3, 0.4) is 0 Å². The molecule has 2 aromatic heterocycles. The molecule has 0 fully saturated rings. The van der Waals surface area contributed by atoms with E-state index >= 15 is 0 Å². The van der Waals surface area contributed by atoms with E-state index in [4.69, 9.17) is 9.47 Å². The Bertz CT molecular complexity index is 969. The lowest BCUT2D eigenvalue weighted by molar-refractivity contribution is -0.115. The van der Waals surface area contributed by atoms with Gasteiger partial charge in [0.1, 0.15) is 13.2 Å². The number of amides is 2. The minimum atomic E-state index is -0.331. The summed E-state index contributed by atoms with van der Waals surface area (Å²) >= 11 is 2.64. The number of anilines is 1. The Morgan fingerprint density at radius 2 is 1.96 bits per heavy atom. The Kier molecular flexibility index (Phi) is 5.03. The van der Waals surface area contributed by atoms with Gasteiger partial charge in [-0.1, -0.05) is 6.07 Å². The van der Waals surface area contributed by atoms with Crippen molar-refractivity contribution in [2.24, 2.45) is 0 Å². The molecule has 0 radical (unpaired) electrons. The SMILES string of the molecule is O=C(CNC(=O)c1cccs1)Nc1nc(-c2ccc3c(c2)OCCO3)cs1. The number of fused-ring (bicyclic) bond motifs is 1. The van der Waals surface area contributed by atoms with Crippen molar-refractivity contribution in [3.63, 3.8) is 0 Å². The molecule has 2 N–H and O–H groups in total. The van der Waals surface area contributed by atoms with E-state index in [-0.39, 0.29) is 18.4 Å². The summed E-state index contributed by atoms with van der Waals surface area (Å²) in [6.45, 7) is 0.948. The number of carbonyl (C=O) groups is 2. The molecule has 7 nitrogen and oxygen atoms in total. The molecule has 4 rings (SSSR count). The first-order chi connectivity index (χ1) is 13.2. The standard InChI is InChI=1S/C18H15N3O4S2/c22-16(9-19-17(23)15-2-1-7-26-15)21-18-20-12(10-27-18)11-3-4-13-14(8-11)25-6-5-24-13/h1-4,7-8,10H,5-6,9H2,(H,19,23)(H,20,21,22). The average molecular weight is 401 g/mol. The molecule has 0 bridgehead atoms. The van der Waals surface area contributed by atoms with Gasteiger partial charge in [-0.2, -0.15) is 0 Å². The zero-order chi connectivity index (χ0) is 18.6. The molecule has 2 amide bonds. The molecule has 0 aliphatic carbocycles. The van der Waals surface area contributed by atoms with Crippen molar-refractivity contribution in [3.8, 4) is 22.8 Å². The Hall–Kier alpha value is -2.91. The first kappa shape index (κ1) is 17.5. The fraction of sp³-hybridized carbons (Fsp3) is 0.167. The van der Waals surface area contributed by atoms with Gasteiger partial charge in [0.05, 0.1) is 17.1 Å². The summed E-state index contributed by atoms with van der Waals surface area (Å²) < 4.78 is 11.1. The van der Waals surface area contributed by atoms with Crippen molar-refractivity contribution in [2.45, 2.75) is 0 Å². The molecule has 0 spiro atoms. The highest BCUT2D eigenvalue weighted by atomic mass is 32.1. The summed E-state index contributed by atoms with van der Waals surface area (Å²) in [5, 5.41) is 9.41. The summed E-state index contributed by atoms with van der Waals surface area (Å²) in [6.07, 6.45) is 0. The predicted molar refractivity (Wildman–Crippen MR) is 104 cm³/mol. The second kappa shape index (κ2) is 7.77. The van der Waals surface area contributed by atoms with Crippen LogP contribution in [0.25, 0.3) is 11.3 Å². The normalized spacial score (nSPS) is 12.4. The molecule has 0 unspecified atom stereocenters. The van der Waals surface area contributed by atoms with E-state index in [1.54, 1.807) is 12.1 Å². The van der Waals surface area contributed by atoms with Crippen molar-refractivity contribution in [2.75, 3.05) is 25.1 Å². The Balaban J connectivity index is 1.36. The van der Waals surface area contributed by atoms with Crippen LogP contribution < -0.4 is 20.1 Å². The second-order valence-corrected chi connectivity index (χ2v) is 7.41. The monoisotopic (exact) mass is 401 g/mol. The number of ether oxygens (including phenoxy) is 2. The van der Waals surface area contributed by atoms with Crippen LogP contribution in [0.1, 0.15) is 9.67 Å². The maximum absolute atomic E-state index is 12.0. The van der Waals surface area contributed by atoms with E-state index in [9.17, 15) is 9.59 Å². The highest BCUT2D eigenvalue weighted by molar-refractivity contribution is 7.14. The topological polar surface area (TPSA) is 89.6 Å².